The lowest BCUT2D eigenvalue weighted by atomic mass is 9.93. The minimum absolute atomic E-state index is 0.538. The van der Waals surface area contributed by atoms with Crippen molar-refractivity contribution in [3.63, 3.8) is 0 Å². The number of hydrogen-bond donors (Lipinski definition) is 0. The zero-order valence-electron chi connectivity index (χ0n) is 9.29. The molecule has 14 heavy (non-hydrogen) atoms. The summed E-state index contributed by atoms with van der Waals surface area (Å²) >= 11 is 0. The summed E-state index contributed by atoms with van der Waals surface area (Å²) in [6, 6.07) is 0. The van der Waals surface area contributed by atoms with Crippen molar-refractivity contribution in [3.05, 3.63) is 0 Å². The Morgan fingerprint density at radius 3 is 1.57 bits per heavy atom. The summed E-state index contributed by atoms with van der Waals surface area (Å²) in [5.41, 5.74) is 0. The van der Waals surface area contributed by atoms with Crippen molar-refractivity contribution >= 4 is 16.5 Å². The van der Waals surface area contributed by atoms with E-state index in [2.05, 4.69) is 36.9 Å². The molecule has 0 heterocycles. The molecule has 0 saturated heterocycles. The van der Waals surface area contributed by atoms with E-state index in [-0.39, 0.29) is 0 Å². The lowest BCUT2D eigenvalue weighted by Gasteiger charge is -2.21. The summed E-state index contributed by atoms with van der Waals surface area (Å²) in [7, 11) is -3.88. The summed E-state index contributed by atoms with van der Waals surface area (Å²) in [6.07, 6.45) is 2.69. The number of halogens is 4. The van der Waals surface area contributed by atoms with Gasteiger partial charge in [-0.2, -0.15) is 0 Å². The molecular formula is C8H20BF4P. The first-order valence-corrected chi connectivity index (χ1v) is 5.41. The van der Waals surface area contributed by atoms with E-state index in [1.54, 1.807) is 0 Å². The SMILES string of the molecule is CCCC(C)C(C)(C)[PH3+].F[B-](F)(F)F. The third kappa shape index (κ3) is 18.1. The van der Waals surface area contributed by atoms with Gasteiger partial charge in [0.25, 0.3) is 0 Å². The standard InChI is InChI=1S/C8H19P.BF4/c1-5-6-7(2)8(3,4)9;2-1(3,4)5/h7H,5-6,9H2,1-4H3;/q;-1/p+1. The minimum atomic E-state index is -6.00. The van der Waals surface area contributed by atoms with Crippen molar-refractivity contribution in [3.8, 4) is 0 Å². The summed E-state index contributed by atoms with van der Waals surface area (Å²) in [5, 5.41) is 0.538. The first-order chi connectivity index (χ1) is 5.98. The molecule has 0 nitrogen and oxygen atoms in total. The molecule has 0 saturated carbocycles. The molecule has 0 amide bonds. The van der Waals surface area contributed by atoms with E-state index in [0.717, 1.165) is 5.92 Å². The van der Waals surface area contributed by atoms with Crippen LogP contribution < -0.4 is 0 Å². The molecule has 0 radical (unpaired) electrons. The third-order valence-electron chi connectivity index (χ3n) is 2.06. The molecule has 0 bridgehead atoms. The van der Waals surface area contributed by atoms with Crippen LogP contribution in [0.25, 0.3) is 0 Å². The lowest BCUT2D eigenvalue weighted by Crippen LogP contribution is -2.20. The normalized spacial score (nSPS) is 14.6. The van der Waals surface area contributed by atoms with Crippen molar-refractivity contribution in [1.82, 2.24) is 0 Å². The molecule has 0 N–H and O–H groups in total. The van der Waals surface area contributed by atoms with E-state index in [0.29, 0.717) is 5.16 Å². The summed E-state index contributed by atoms with van der Waals surface area (Å²) < 4.78 is 39.0. The quantitative estimate of drug-likeness (QED) is 0.391. The summed E-state index contributed by atoms with van der Waals surface area (Å²) in [6.45, 7) is 9.25. The van der Waals surface area contributed by atoms with Gasteiger partial charge in [-0.15, -0.1) is 0 Å². The van der Waals surface area contributed by atoms with Crippen LogP contribution >= 0.6 is 9.24 Å². The van der Waals surface area contributed by atoms with Crippen LogP contribution in [0.15, 0.2) is 0 Å². The van der Waals surface area contributed by atoms with Crippen molar-refractivity contribution in [1.29, 1.82) is 0 Å². The molecule has 0 fully saturated rings. The fraction of sp³-hybridized carbons (Fsp3) is 1.00. The van der Waals surface area contributed by atoms with Crippen LogP contribution in [-0.4, -0.2) is 12.4 Å². The van der Waals surface area contributed by atoms with Crippen LogP contribution in [-0.2, 0) is 0 Å². The van der Waals surface area contributed by atoms with E-state index in [1.165, 1.54) is 12.8 Å². The highest BCUT2D eigenvalue weighted by molar-refractivity contribution is 7.18. The third-order valence-corrected chi connectivity index (χ3v) is 2.75. The van der Waals surface area contributed by atoms with Gasteiger partial charge in [-0.25, -0.2) is 0 Å². The highest BCUT2D eigenvalue weighted by atomic mass is 31.0. The molecule has 0 rings (SSSR count). The second kappa shape index (κ2) is 6.65. The topological polar surface area (TPSA) is 0 Å². The highest BCUT2D eigenvalue weighted by Crippen LogP contribution is 2.29. The maximum absolute atomic E-state index is 9.75. The summed E-state index contributed by atoms with van der Waals surface area (Å²) in [5.74, 6) is 0.876. The maximum Gasteiger partial charge on any atom is 0.673 e. The number of hydrogen-bond acceptors (Lipinski definition) is 0. The fourth-order valence-electron chi connectivity index (χ4n) is 0.824. The molecule has 6 heteroatoms. The van der Waals surface area contributed by atoms with Crippen molar-refractivity contribution in [2.45, 2.75) is 45.7 Å². The molecule has 0 aliphatic rings. The van der Waals surface area contributed by atoms with Gasteiger partial charge in [-0.1, -0.05) is 20.3 Å². The van der Waals surface area contributed by atoms with E-state index < -0.39 is 7.25 Å². The van der Waals surface area contributed by atoms with E-state index >= 15 is 0 Å². The van der Waals surface area contributed by atoms with Crippen LogP contribution in [0.2, 0.25) is 0 Å². The Bertz CT molecular complexity index is 135. The average molecular weight is 234 g/mol. The zero-order valence-corrected chi connectivity index (χ0v) is 10.7. The van der Waals surface area contributed by atoms with Crippen LogP contribution in [0.3, 0.4) is 0 Å². The Balaban J connectivity index is 0. The smallest absolute Gasteiger partial charge is 0.418 e. The van der Waals surface area contributed by atoms with Gasteiger partial charge >= 0.3 is 7.25 Å². The van der Waals surface area contributed by atoms with Crippen LogP contribution in [0.1, 0.15) is 40.5 Å². The first-order valence-electron chi connectivity index (χ1n) is 4.71. The summed E-state index contributed by atoms with van der Waals surface area (Å²) in [4.78, 5) is 0. The molecule has 0 aliphatic heterocycles. The van der Waals surface area contributed by atoms with E-state index in [4.69, 9.17) is 0 Å². The second-order valence-electron chi connectivity index (χ2n) is 4.17. The van der Waals surface area contributed by atoms with Gasteiger partial charge in [0, 0.05) is 0 Å². The molecule has 0 spiro atoms. The van der Waals surface area contributed by atoms with Gasteiger partial charge in [0.05, 0.1) is 5.16 Å². The molecule has 88 valence electrons. The zero-order chi connectivity index (χ0) is 12.0. The molecule has 0 aromatic rings. The van der Waals surface area contributed by atoms with Gasteiger partial charge in [0.2, 0.25) is 0 Å². The van der Waals surface area contributed by atoms with Gasteiger partial charge in [-0.05, 0) is 35.4 Å². The van der Waals surface area contributed by atoms with Crippen molar-refractivity contribution < 1.29 is 17.3 Å². The van der Waals surface area contributed by atoms with Gasteiger partial charge in [0.15, 0.2) is 0 Å². The largest absolute Gasteiger partial charge is 0.673 e. The Labute approximate surface area is 86.1 Å². The first kappa shape index (κ1) is 16.6. The van der Waals surface area contributed by atoms with Crippen LogP contribution in [0.4, 0.5) is 17.3 Å². The van der Waals surface area contributed by atoms with Crippen LogP contribution in [0.5, 0.6) is 0 Å². The monoisotopic (exact) mass is 234 g/mol. The van der Waals surface area contributed by atoms with Gasteiger partial charge in [0.1, 0.15) is 0 Å². The van der Waals surface area contributed by atoms with E-state index in [9.17, 15) is 17.3 Å². The van der Waals surface area contributed by atoms with Crippen LogP contribution in [0, 0.1) is 5.92 Å². The maximum atomic E-state index is 9.75. The Kier molecular flexibility index (Phi) is 7.91. The predicted octanol–water partition coefficient (Wildman–Crippen LogP) is 4.11. The van der Waals surface area contributed by atoms with Gasteiger partial charge < -0.3 is 17.3 Å². The molecule has 0 aromatic heterocycles. The molecular weight excluding hydrogens is 214 g/mol. The minimum Gasteiger partial charge on any atom is -0.418 e. The molecule has 0 aliphatic carbocycles. The predicted molar refractivity (Wildman–Crippen MR) is 59.4 cm³/mol. The second-order valence-corrected chi connectivity index (χ2v) is 6.00. The Morgan fingerprint density at radius 2 is 1.50 bits per heavy atom. The van der Waals surface area contributed by atoms with Crippen molar-refractivity contribution in [2.24, 2.45) is 5.92 Å². The Hall–Kier alpha value is 0.215. The lowest BCUT2D eigenvalue weighted by molar-refractivity contribution is 0.368. The highest BCUT2D eigenvalue weighted by Gasteiger charge is 2.23. The fourth-order valence-corrected chi connectivity index (χ4v) is 1.03. The Morgan fingerprint density at radius 1 is 1.21 bits per heavy atom. The molecule has 2 atom stereocenters. The number of rotatable bonds is 3. The van der Waals surface area contributed by atoms with Crippen molar-refractivity contribution in [2.75, 3.05) is 0 Å². The average Bonchev–Trinajstić information content (AvgIpc) is 1.81. The molecule has 0 aromatic carbocycles. The van der Waals surface area contributed by atoms with Gasteiger partial charge in [-0.3, -0.25) is 0 Å². The van der Waals surface area contributed by atoms with E-state index in [1.807, 2.05) is 0 Å². The molecule has 2 unspecified atom stereocenters.